The van der Waals surface area contributed by atoms with Crippen molar-refractivity contribution in [1.29, 1.82) is 0 Å². The van der Waals surface area contributed by atoms with Crippen LogP contribution in [0.5, 0.6) is 0 Å². The predicted molar refractivity (Wildman–Crippen MR) is 364 cm³/mol. The van der Waals surface area contributed by atoms with Crippen LogP contribution in [0.4, 0.5) is 13.2 Å². The van der Waals surface area contributed by atoms with Gasteiger partial charge in [-0.1, -0.05) is 96.7 Å². The average Bonchev–Trinajstić information content (AvgIpc) is 1.79. The number of alkyl halides is 3. The standard InChI is InChI=1S/C71H108ClF3N12O12/c1-11-44(4)60-70(99)81(7)45(5)65(94)87-37-32-54(87)69(98)83(9)56(40-46-22-13-12-14-23-46)68(97)80(6)42-57(88)77-51(31-29-47-28-30-49(50(72)39-47)71(73,74)75)67(96)86-36-21-26-53(86)62(91)76-33-18-17-27-58(89)84(10)61(48-24-15-16-25-48)64(93)78-52(66(95)85-34-19-20-35-85)41-59(90)82(8)55(38-43(2)3)63(92)79-60/h28,30,39,43-46,48,51-56,60-61H,11-27,29,31-38,40-42H2,1-10H3,(H,76,91)(H,77,88)(H,78,93)(H,79,92)/t44-,45-,51-,52-,53-,54-,55-,56-,60-,61-/m0/s1. The van der Waals surface area contributed by atoms with Crippen molar-refractivity contribution in [3.63, 3.8) is 0 Å². The summed E-state index contributed by atoms with van der Waals surface area (Å²) in [4.78, 5) is 186. The van der Waals surface area contributed by atoms with Crippen molar-refractivity contribution >= 4 is 82.5 Å². The normalized spacial score (nSPS) is 27.8. The number of nitrogens with zero attached hydrogens (tertiary/aromatic N) is 8. The quantitative estimate of drug-likeness (QED) is 0.208. The van der Waals surface area contributed by atoms with E-state index in [9.17, 15) is 70.7 Å². The van der Waals surface area contributed by atoms with Crippen LogP contribution in [0.3, 0.4) is 0 Å². The van der Waals surface area contributed by atoms with Crippen molar-refractivity contribution in [2.45, 2.75) is 243 Å². The molecular weight excluding hydrogens is 1310 g/mol. The average molecular weight is 1410 g/mol. The number of carbonyl (C=O) groups is 12. The van der Waals surface area contributed by atoms with Crippen molar-refractivity contribution in [3.8, 4) is 0 Å². The first kappa shape index (κ1) is 79.3. The fourth-order valence-corrected chi connectivity index (χ4v) is 15.4. The molecule has 0 aromatic heterocycles. The number of aryl methyl sites for hydroxylation is 1. The van der Waals surface area contributed by atoms with E-state index in [1.54, 1.807) is 18.9 Å². The Balaban J connectivity index is 1.20. The first-order valence-corrected chi connectivity index (χ1v) is 36.4. The second kappa shape index (κ2) is 36.0. The van der Waals surface area contributed by atoms with Crippen LogP contribution in [0.1, 0.15) is 187 Å². The van der Waals surface area contributed by atoms with Gasteiger partial charge < -0.3 is 60.5 Å². The number of fused-ring (bicyclic) bond motifs is 2. The summed E-state index contributed by atoms with van der Waals surface area (Å²) in [5.74, 6) is -7.80. The summed E-state index contributed by atoms with van der Waals surface area (Å²) < 4.78 is 41.3. The van der Waals surface area contributed by atoms with Crippen LogP contribution >= 0.6 is 11.6 Å². The number of carbonyl (C=O) groups excluding carboxylic acids is 12. The molecule has 10 atom stereocenters. The summed E-state index contributed by atoms with van der Waals surface area (Å²) in [6, 6.07) is -7.15. The van der Waals surface area contributed by atoms with Gasteiger partial charge in [-0.05, 0) is 132 Å². The van der Waals surface area contributed by atoms with E-state index in [-0.39, 0.29) is 94.7 Å². The molecule has 12 amide bonds. The third kappa shape index (κ3) is 20.4. The molecule has 0 bridgehead atoms. The highest BCUT2D eigenvalue weighted by Crippen LogP contribution is 2.37. The van der Waals surface area contributed by atoms with Gasteiger partial charge in [-0.25, -0.2) is 0 Å². The molecule has 2 aliphatic carbocycles. The van der Waals surface area contributed by atoms with Gasteiger partial charge in [0, 0.05) is 74.4 Å². The summed E-state index contributed by atoms with van der Waals surface area (Å²) in [6.45, 7) is 9.49. The van der Waals surface area contributed by atoms with E-state index in [1.807, 2.05) is 20.8 Å². The Kier molecular flexibility index (Phi) is 28.8. The topological polar surface area (TPSA) is 279 Å². The van der Waals surface area contributed by atoms with E-state index in [1.165, 1.54) is 70.6 Å². The Labute approximate surface area is 586 Å². The van der Waals surface area contributed by atoms with Gasteiger partial charge >= 0.3 is 6.18 Å². The van der Waals surface area contributed by atoms with Gasteiger partial charge in [-0.15, -0.1) is 0 Å². The van der Waals surface area contributed by atoms with Gasteiger partial charge in [0.1, 0.15) is 54.4 Å². The van der Waals surface area contributed by atoms with Crippen molar-refractivity contribution in [3.05, 3.63) is 34.3 Å². The minimum atomic E-state index is -4.73. The molecule has 1 aromatic carbocycles. The Bertz CT molecular complexity index is 3070. The number of nitrogens with one attached hydrogen (secondary N) is 4. The molecule has 2 saturated carbocycles. The molecule has 0 unspecified atom stereocenters. The number of amides is 12. The molecule has 6 aliphatic rings. The number of hydrogen-bond acceptors (Lipinski definition) is 12. The van der Waals surface area contributed by atoms with E-state index in [4.69, 9.17) is 11.6 Å². The lowest BCUT2D eigenvalue weighted by Crippen LogP contribution is -2.65. The van der Waals surface area contributed by atoms with Crippen molar-refractivity contribution in [1.82, 2.24) is 60.5 Å². The molecular formula is C71H108ClF3N12O12. The highest BCUT2D eigenvalue weighted by molar-refractivity contribution is 6.31. The first-order valence-electron chi connectivity index (χ1n) is 36.1. The Morgan fingerprint density at radius 3 is 1.90 bits per heavy atom. The molecule has 4 aliphatic heterocycles. The largest absolute Gasteiger partial charge is 0.417 e. The molecule has 4 N–H and O–H groups in total. The van der Waals surface area contributed by atoms with Gasteiger partial charge in [-0.2, -0.15) is 13.2 Å². The molecule has 99 heavy (non-hydrogen) atoms. The van der Waals surface area contributed by atoms with Gasteiger partial charge in [0.25, 0.3) is 0 Å². The number of likely N-dealkylation sites (N-methyl/N-ethyl adjacent to an activating group) is 5. The zero-order valence-electron chi connectivity index (χ0n) is 59.7. The van der Waals surface area contributed by atoms with Gasteiger partial charge in [0.15, 0.2) is 0 Å². The maximum Gasteiger partial charge on any atom is 0.417 e. The minimum absolute atomic E-state index is 0.0199. The maximum absolute atomic E-state index is 14.9. The maximum atomic E-state index is 14.9. The summed E-state index contributed by atoms with van der Waals surface area (Å²) in [5.41, 5.74) is -0.724. The molecule has 552 valence electrons. The molecule has 24 nitrogen and oxygen atoms in total. The molecule has 1 aromatic rings. The molecule has 0 spiro atoms. The van der Waals surface area contributed by atoms with Crippen LogP contribution in [-0.4, -0.2) is 239 Å². The molecule has 4 saturated heterocycles. The van der Waals surface area contributed by atoms with Crippen LogP contribution in [-0.2, 0) is 70.1 Å². The lowest BCUT2D eigenvalue weighted by molar-refractivity contribution is -0.160. The Morgan fingerprint density at radius 1 is 0.626 bits per heavy atom. The number of rotatable bonds is 11. The number of likely N-dealkylation sites (tertiary alicyclic amines) is 1. The van der Waals surface area contributed by atoms with Crippen molar-refractivity contribution < 1.29 is 70.7 Å². The molecule has 7 rings (SSSR count). The minimum Gasteiger partial charge on any atom is -0.354 e. The summed E-state index contributed by atoms with van der Waals surface area (Å²) in [5, 5.41) is 10.9. The monoisotopic (exact) mass is 1410 g/mol. The smallest absolute Gasteiger partial charge is 0.354 e. The zero-order chi connectivity index (χ0) is 72.7. The fraction of sp³-hybridized carbons (Fsp3) is 0.746. The summed E-state index contributed by atoms with van der Waals surface area (Å²) in [7, 11) is 7.31. The third-order valence-corrected chi connectivity index (χ3v) is 21.9. The summed E-state index contributed by atoms with van der Waals surface area (Å²) >= 11 is 6.11. The SMILES string of the molecule is CC[C@H](C)[C@@H]1NC(=O)[C@H](CC(C)C)N(C)C(=O)C[C@@H](C(=O)N2CCCC2)NC(=O)[C@H](C2CCCC2)N(C)C(=O)CCCCNC(=O)[C@@H]2CCCN2C(=O)[C@H](CCc2ccc(C(F)(F)F)c(Cl)c2)NC(=O)CN(C)C(=O)[C@H](CC2CCCCC2)N(C)C(=O)[C@@H]2CCN2C(=O)[C@H](C)N(C)C1=O. The van der Waals surface area contributed by atoms with Crippen LogP contribution in [0, 0.1) is 23.7 Å². The second-order valence-corrected chi connectivity index (χ2v) is 29.5. The highest BCUT2D eigenvalue weighted by atomic mass is 35.5. The third-order valence-electron chi connectivity index (χ3n) is 21.6. The molecule has 6 fully saturated rings. The van der Waals surface area contributed by atoms with Crippen LogP contribution in [0.25, 0.3) is 0 Å². The van der Waals surface area contributed by atoms with Crippen LogP contribution < -0.4 is 21.3 Å². The van der Waals surface area contributed by atoms with Crippen LogP contribution in [0.2, 0.25) is 5.02 Å². The zero-order valence-corrected chi connectivity index (χ0v) is 60.5. The van der Waals surface area contributed by atoms with E-state index in [2.05, 4.69) is 21.3 Å². The lowest BCUT2D eigenvalue weighted by Gasteiger charge is -2.45. The van der Waals surface area contributed by atoms with E-state index < -0.39 is 155 Å². The van der Waals surface area contributed by atoms with Gasteiger partial charge in [-0.3, -0.25) is 57.5 Å². The highest BCUT2D eigenvalue weighted by Gasteiger charge is 2.47. The fourth-order valence-electron chi connectivity index (χ4n) is 15.0. The Morgan fingerprint density at radius 2 is 1.28 bits per heavy atom. The number of benzene rings is 1. The Hall–Kier alpha value is -7.06. The number of halogens is 4. The number of hydrogen-bond donors (Lipinski definition) is 4. The molecule has 0 radical (unpaired) electrons. The predicted octanol–water partition coefficient (Wildman–Crippen LogP) is 5.69. The van der Waals surface area contributed by atoms with Gasteiger partial charge in [0.2, 0.25) is 70.9 Å². The van der Waals surface area contributed by atoms with E-state index in [0.29, 0.717) is 50.8 Å². The van der Waals surface area contributed by atoms with E-state index >= 15 is 0 Å². The summed E-state index contributed by atoms with van der Waals surface area (Å²) in [6.07, 6.45) is 5.58. The molecule has 28 heteroatoms. The first-order chi connectivity index (χ1) is 46.8. The second-order valence-electron chi connectivity index (χ2n) is 29.1. The van der Waals surface area contributed by atoms with Crippen molar-refractivity contribution in [2.75, 3.05) is 74.5 Å². The van der Waals surface area contributed by atoms with E-state index in [0.717, 1.165) is 74.8 Å². The van der Waals surface area contributed by atoms with Crippen molar-refractivity contribution in [2.24, 2.45) is 23.7 Å². The van der Waals surface area contributed by atoms with Gasteiger partial charge in [0.05, 0.1) is 23.6 Å². The molecule has 4 heterocycles. The lowest BCUT2D eigenvalue weighted by atomic mass is 9.84. The van der Waals surface area contributed by atoms with Crippen LogP contribution in [0.15, 0.2) is 18.2 Å².